The Morgan fingerprint density at radius 1 is 1.23 bits per heavy atom. The molecule has 0 amide bonds. The van der Waals surface area contributed by atoms with Crippen molar-refractivity contribution < 1.29 is 29.0 Å². The summed E-state index contributed by atoms with van der Waals surface area (Å²) in [5, 5.41) is 9.26. The molecule has 0 saturated carbocycles. The molecule has 1 heterocycles. The Morgan fingerprint density at radius 2 is 1.90 bits per heavy atom. The molecule has 1 aromatic heterocycles. The van der Waals surface area contributed by atoms with Gasteiger partial charge >= 0.3 is 11.9 Å². The molecule has 0 aliphatic heterocycles. The average Bonchev–Trinajstić information content (AvgIpc) is 2.96. The minimum Gasteiger partial charge on any atom is -0.501 e. The van der Waals surface area contributed by atoms with E-state index in [1.165, 1.54) is 0 Å². The first kappa shape index (κ1) is 21.6. The molecule has 0 fully saturated rings. The van der Waals surface area contributed by atoms with E-state index in [9.17, 15) is 14.4 Å². The summed E-state index contributed by atoms with van der Waals surface area (Å²) in [6.45, 7) is 3.05. The summed E-state index contributed by atoms with van der Waals surface area (Å²) in [7, 11) is 1.58. The quantitative estimate of drug-likeness (QED) is 0.703. The Bertz CT molecular complexity index is 1030. The summed E-state index contributed by atoms with van der Waals surface area (Å²) in [5.41, 5.74) is 3.20. The molecule has 7 nitrogen and oxygen atoms in total. The van der Waals surface area contributed by atoms with Gasteiger partial charge in [-0.15, -0.1) is 0 Å². The van der Waals surface area contributed by atoms with Crippen molar-refractivity contribution in [2.45, 2.75) is 26.7 Å². The van der Waals surface area contributed by atoms with Crippen molar-refractivity contribution in [3.8, 4) is 0 Å². The fraction of sp³-hybridized carbons (Fsp3) is 0.318. The number of hydrogen-bond donors (Lipinski definition) is 1. The smallest absolute Gasteiger partial charge is 0.341 e. The van der Waals surface area contributed by atoms with Gasteiger partial charge in [0.1, 0.15) is 0 Å². The SMILES string of the molecule is COC1=Cc2c(CC(=O)OCC(=O)O)c(C)n(C(=O)c3ccc(Cl)cc3)c2CC1C. The van der Waals surface area contributed by atoms with Crippen LogP contribution in [0.15, 0.2) is 30.0 Å². The molecule has 30 heavy (non-hydrogen) atoms. The van der Waals surface area contributed by atoms with Crippen molar-refractivity contribution in [1.82, 2.24) is 4.57 Å². The molecule has 0 spiro atoms. The molecule has 0 radical (unpaired) electrons. The Labute approximate surface area is 178 Å². The van der Waals surface area contributed by atoms with Gasteiger partial charge in [0.25, 0.3) is 5.91 Å². The Morgan fingerprint density at radius 3 is 2.50 bits per heavy atom. The summed E-state index contributed by atoms with van der Waals surface area (Å²) in [6.07, 6.45) is 2.24. The van der Waals surface area contributed by atoms with Gasteiger partial charge in [0, 0.05) is 33.5 Å². The monoisotopic (exact) mass is 431 g/mol. The molecule has 1 N–H and O–H groups in total. The second-order valence-corrected chi connectivity index (χ2v) is 7.60. The van der Waals surface area contributed by atoms with Gasteiger partial charge in [0.15, 0.2) is 6.61 Å². The molecule has 1 unspecified atom stereocenters. The molecular weight excluding hydrogens is 410 g/mol. The lowest BCUT2D eigenvalue weighted by Gasteiger charge is -2.22. The number of nitrogens with zero attached hydrogens (tertiary/aromatic N) is 1. The van der Waals surface area contributed by atoms with Crippen LogP contribution < -0.4 is 0 Å². The summed E-state index contributed by atoms with van der Waals surface area (Å²) in [6, 6.07) is 6.60. The third kappa shape index (κ3) is 4.26. The molecule has 3 rings (SSSR count). The molecule has 1 aliphatic rings. The van der Waals surface area contributed by atoms with Gasteiger partial charge in [-0.25, -0.2) is 4.79 Å². The number of hydrogen-bond acceptors (Lipinski definition) is 5. The van der Waals surface area contributed by atoms with Crippen LogP contribution in [0.5, 0.6) is 0 Å². The van der Waals surface area contributed by atoms with Crippen LogP contribution >= 0.6 is 11.6 Å². The summed E-state index contributed by atoms with van der Waals surface area (Å²) in [5.74, 6) is -1.33. The van der Waals surface area contributed by atoms with E-state index in [1.54, 1.807) is 42.9 Å². The minimum atomic E-state index is -1.23. The lowest BCUT2D eigenvalue weighted by molar-refractivity contribution is -0.154. The van der Waals surface area contributed by atoms with E-state index < -0.39 is 18.5 Å². The first-order valence-corrected chi connectivity index (χ1v) is 9.77. The van der Waals surface area contributed by atoms with Crippen LogP contribution in [-0.4, -0.2) is 41.2 Å². The predicted molar refractivity (Wildman–Crippen MR) is 111 cm³/mol. The first-order valence-electron chi connectivity index (χ1n) is 9.39. The number of halogens is 1. The number of aliphatic carboxylic acids is 1. The predicted octanol–water partition coefficient (Wildman–Crippen LogP) is 3.49. The molecule has 8 heteroatoms. The molecule has 1 aromatic carbocycles. The van der Waals surface area contributed by atoms with Crippen LogP contribution in [0.3, 0.4) is 0 Å². The maximum atomic E-state index is 13.3. The van der Waals surface area contributed by atoms with E-state index in [0.717, 1.165) is 17.0 Å². The van der Waals surface area contributed by atoms with E-state index in [4.69, 9.17) is 26.2 Å². The number of aromatic nitrogens is 1. The maximum Gasteiger partial charge on any atom is 0.341 e. The van der Waals surface area contributed by atoms with Crippen LogP contribution in [0.1, 0.15) is 39.8 Å². The van der Waals surface area contributed by atoms with Crippen molar-refractivity contribution in [1.29, 1.82) is 0 Å². The second kappa shape index (κ2) is 8.75. The number of esters is 1. The van der Waals surface area contributed by atoms with Gasteiger partial charge in [0.2, 0.25) is 0 Å². The van der Waals surface area contributed by atoms with Crippen LogP contribution in [0.4, 0.5) is 0 Å². The average molecular weight is 432 g/mol. The molecular formula is C22H22ClNO6. The molecule has 1 aliphatic carbocycles. The Balaban J connectivity index is 2.08. The molecule has 0 saturated heterocycles. The molecule has 2 aromatic rings. The van der Waals surface area contributed by atoms with Gasteiger partial charge < -0.3 is 14.6 Å². The number of ether oxygens (including phenoxy) is 2. The zero-order chi connectivity index (χ0) is 22.0. The third-order valence-corrected chi connectivity index (χ3v) is 5.41. The van der Waals surface area contributed by atoms with Gasteiger partial charge in [-0.3, -0.25) is 14.2 Å². The number of benzene rings is 1. The summed E-state index contributed by atoms with van der Waals surface area (Å²) in [4.78, 5) is 36.2. The topological polar surface area (TPSA) is 94.8 Å². The highest BCUT2D eigenvalue weighted by molar-refractivity contribution is 6.30. The van der Waals surface area contributed by atoms with Crippen molar-refractivity contribution in [3.63, 3.8) is 0 Å². The highest BCUT2D eigenvalue weighted by atomic mass is 35.5. The second-order valence-electron chi connectivity index (χ2n) is 7.16. The minimum absolute atomic E-state index is 0.0559. The third-order valence-electron chi connectivity index (χ3n) is 5.16. The molecule has 1 atom stereocenters. The van der Waals surface area contributed by atoms with E-state index >= 15 is 0 Å². The number of rotatable bonds is 6. The fourth-order valence-electron chi connectivity index (χ4n) is 3.69. The van der Waals surface area contributed by atoms with E-state index in [-0.39, 0.29) is 18.2 Å². The molecule has 158 valence electrons. The van der Waals surface area contributed by atoms with E-state index in [2.05, 4.69) is 0 Å². The normalized spacial score (nSPS) is 15.2. The van der Waals surface area contributed by atoms with Crippen molar-refractivity contribution in [2.75, 3.05) is 13.7 Å². The summed E-state index contributed by atoms with van der Waals surface area (Å²) < 4.78 is 11.9. The fourth-order valence-corrected chi connectivity index (χ4v) is 3.82. The van der Waals surface area contributed by atoms with Gasteiger partial charge in [-0.1, -0.05) is 18.5 Å². The number of fused-ring (bicyclic) bond motifs is 1. The van der Waals surface area contributed by atoms with E-state index in [1.807, 2.05) is 13.0 Å². The Kier molecular flexibility index (Phi) is 6.31. The van der Waals surface area contributed by atoms with E-state index in [0.29, 0.717) is 28.3 Å². The Hall–Kier alpha value is -3.06. The summed E-state index contributed by atoms with van der Waals surface area (Å²) >= 11 is 5.94. The van der Waals surface area contributed by atoms with Gasteiger partial charge in [-0.05, 0) is 49.2 Å². The van der Waals surface area contributed by atoms with Crippen molar-refractivity contribution in [3.05, 3.63) is 63.1 Å². The molecule has 0 bridgehead atoms. The zero-order valence-electron chi connectivity index (χ0n) is 16.9. The van der Waals surface area contributed by atoms with Crippen molar-refractivity contribution in [2.24, 2.45) is 5.92 Å². The number of allylic oxidation sites excluding steroid dienone is 1. The van der Waals surface area contributed by atoms with Crippen LogP contribution in [0, 0.1) is 12.8 Å². The number of methoxy groups -OCH3 is 1. The number of carbonyl (C=O) groups is 3. The van der Waals surface area contributed by atoms with Crippen molar-refractivity contribution >= 4 is 35.5 Å². The number of carboxylic acid groups (broad SMARTS) is 1. The number of carbonyl (C=O) groups excluding carboxylic acids is 2. The standard InChI is InChI=1S/C22H22ClNO6/c1-12-8-18-17(9-19(12)29-3)16(10-21(27)30-11-20(25)26)13(2)24(18)22(28)14-4-6-15(23)7-5-14/h4-7,9,12H,8,10-11H2,1-3H3,(H,25,26). The highest BCUT2D eigenvalue weighted by Gasteiger charge is 2.30. The van der Waals surface area contributed by atoms with Crippen LogP contribution in [0.25, 0.3) is 6.08 Å². The largest absolute Gasteiger partial charge is 0.501 e. The lowest BCUT2D eigenvalue weighted by Crippen LogP contribution is -2.20. The zero-order valence-corrected chi connectivity index (χ0v) is 17.7. The van der Waals surface area contributed by atoms with Gasteiger partial charge in [-0.2, -0.15) is 0 Å². The maximum absolute atomic E-state index is 13.3. The van der Waals surface area contributed by atoms with Gasteiger partial charge in [0.05, 0.1) is 19.3 Å². The first-order chi connectivity index (χ1) is 14.2. The van der Waals surface area contributed by atoms with Crippen LogP contribution in [-0.2, 0) is 31.9 Å². The highest BCUT2D eigenvalue weighted by Crippen LogP contribution is 2.35. The van der Waals surface area contributed by atoms with Crippen LogP contribution in [0.2, 0.25) is 5.02 Å². The number of carboxylic acids is 1. The lowest BCUT2D eigenvalue weighted by atomic mass is 9.91.